The molecule has 1 aliphatic heterocycles. The van der Waals surface area contributed by atoms with E-state index in [4.69, 9.17) is 4.74 Å². The molecular weight excluding hydrogens is 386 g/mol. The Labute approximate surface area is 174 Å². The number of hydrogen-bond acceptors (Lipinski definition) is 5. The fourth-order valence-corrected chi connectivity index (χ4v) is 3.55. The predicted octanol–water partition coefficient (Wildman–Crippen LogP) is 3.03. The minimum absolute atomic E-state index is 0.361. The van der Waals surface area contributed by atoms with Crippen LogP contribution in [0.3, 0.4) is 0 Å². The monoisotopic (exact) mass is 413 g/mol. The summed E-state index contributed by atoms with van der Waals surface area (Å²) in [6.07, 6.45) is 1.77. The van der Waals surface area contributed by atoms with E-state index in [-0.39, 0.29) is 5.78 Å². The van der Waals surface area contributed by atoms with Crippen molar-refractivity contribution in [2.75, 3.05) is 6.54 Å². The first-order valence-electron chi connectivity index (χ1n) is 10.1. The molecule has 2 aromatic rings. The number of nitrogens with zero attached hydrogens (tertiary/aromatic N) is 1. The molecule has 8 heteroatoms. The number of H-pyrrole nitrogens is 1. The number of hydrogen-bond donors (Lipinski definition) is 2. The van der Waals surface area contributed by atoms with Crippen molar-refractivity contribution in [3.05, 3.63) is 36.0 Å². The molecule has 8 nitrogen and oxygen atoms in total. The van der Waals surface area contributed by atoms with Gasteiger partial charge in [0.1, 0.15) is 12.1 Å². The number of carbonyl (C=O) groups excluding carboxylic acids is 4. The number of urea groups is 1. The predicted molar refractivity (Wildman–Crippen MR) is 111 cm³/mol. The summed E-state index contributed by atoms with van der Waals surface area (Å²) in [4.78, 5) is 53.9. The van der Waals surface area contributed by atoms with Gasteiger partial charge in [-0.1, -0.05) is 32.0 Å². The van der Waals surface area contributed by atoms with Crippen LogP contribution in [-0.4, -0.2) is 51.8 Å². The van der Waals surface area contributed by atoms with Gasteiger partial charge in [-0.3, -0.25) is 19.3 Å². The summed E-state index contributed by atoms with van der Waals surface area (Å²) in [5.41, 5.74) is 0.189. The van der Waals surface area contributed by atoms with Crippen LogP contribution in [0.1, 0.15) is 50.9 Å². The number of nitrogens with one attached hydrogen (secondary N) is 2. The van der Waals surface area contributed by atoms with Gasteiger partial charge in [0, 0.05) is 22.7 Å². The van der Waals surface area contributed by atoms with Crippen LogP contribution >= 0.6 is 0 Å². The molecule has 0 aliphatic carbocycles. The van der Waals surface area contributed by atoms with Gasteiger partial charge in [-0.05, 0) is 38.7 Å². The van der Waals surface area contributed by atoms with Crippen LogP contribution in [0.4, 0.5) is 4.79 Å². The second-order valence-electron chi connectivity index (χ2n) is 8.33. The Bertz CT molecular complexity index is 996. The van der Waals surface area contributed by atoms with Crippen LogP contribution in [0, 0.1) is 5.92 Å². The number of ether oxygens (including phenoxy) is 1. The number of imide groups is 1. The van der Waals surface area contributed by atoms with E-state index < -0.39 is 36.1 Å². The molecule has 0 spiro atoms. The number of carbonyl (C=O) groups is 4. The van der Waals surface area contributed by atoms with E-state index in [1.165, 1.54) is 6.92 Å². The lowest BCUT2D eigenvalue weighted by Gasteiger charge is -2.22. The van der Waals surface area contributed by atoms with Crippen molar-refractivity contribution < 1.29 is 23.9 Å². The van der Waals surface area contributed by atoms with Crippen molar-refractivity contribution in [3.8, 4) is 0 Å². The number of aromatic nitrogens is 1. The van der Waals surface area contributed by atoms with E-state index in [1.807, 2.05) is 32.0 Å². The molecule has 2 atom stereocenters. The highest BCUT2D eigenvalue weighted by Gasteiger charge is 2.48. The van der Waals surface area contributed by atoms with E-state index in [0.29, 0.717) is 17.9 Å². The molecule has 1 fully saturated rings. The van der Waals surface area contributed by atoms with E-state index in [1.54, 1.807) is 19.2 Å². The molecule has 30 heavy (non-hydrogen) atoms. The van der Waals surface area contributed by atoms with Crippen molar-refractivity contribution >= 4 is 34.6 Å². The number of Topliss-reactive ketones (excluding diaryl/α,β-unsaturated/α-hetero) is 1. The zero-order valence-electron chi connectivity index (χ0n) is 17.7. The van der Waals surface area contributed by atoms with Gasteiger partial charge in [0.25, 0.3) is 5.91 Å². The van der Waals surface area contributed by atoms with E-state index in [2.05, 4.69) is 10.3 Å². The van der Waals surface area contributed by atoms with Gasteiger partial charge in [-0.2, -0.15) is 0 Å². The number of rotatable bonds is 8. The number of esters is 1. The normalized spacial score (nSPS) is 20.0. The standard InChI is InChI=1S/C22H27N3O5/c1-13(2)9-10-22(4)20(28)25(21(29)24-22)12-18(26)30-14(3)19(27)16-11-23-17-8-6-5-7-15(16)17/h5-8,11,13-14,23H,9-10,12H2,1-4H3,(H,24,29)/t14-,22-/m0/s1. The molecule has 2 N–H and O–H groups in total. The smallest absolute Gasteiger partial charge is 0.326 e. The third-order valence-electron chi connectivity index (χ3n) is 5.39. The van der Waals surface area contributed by atoms with Crippen molar-refractivity contribution in [2.45, 2.75) is 52.2 Å². The summed E-state index contributed by atoms with van der Waals surface area (Å²) >= 11 is 0. The Kier molecular flexibility index (Phi) is 5.96. The van der Waals surface area contributed by atoms with Gasteiger partial charge in [0.15, 0.2) is 6.10 Å². The fraction of sp³-hybridized carbons (Fsp3) is 0.455. The second kappa shape index (κ2) is 8.30. The number of benzene rings is 1. The number of amides is 3. The van der Waals surface area contributed by atoms with Crippen molar-refractivity contribution in [2.24, 2.45) is 5.92 Å². The topological polar surface area (TPSA) is 109 Å². The molecule has 3 amide bonds. The Morgan fingerprint density at radius 1 is 1.17 bits per heavy atom. The van der Waals surface area contributed by atoms with E-state index >= 15 is 0 Å². The van der Waals surface area contributed by atoms with Crippen LogP contribution < -0.4 is 5.32 Å². The van der Waals surface area contributed by atoms with Crippen molar-refractivity contribution in [1.82, 2.24) is 15.2 Å². The first-order chi connectivity index (χ1) is 14.1. The van der Waals surface area contributed by atoms with Crippen LogP contribution in [0.5, 0.6) is 0 Å². The van der Waals surface area contributed by atoms with Gasteiger partial charge >= 0.3 is 12.0 Å². The Morgan fingerprint density at radius 2 is 1.87 bits per heavy atom. The SMILES string of the molecule is CC(C)CC[C@]1(C)NC(=O)N(CC(=O)O[C@@H](C)C(=O)c2c[nH]c3ccccc23)C1=O. The fourth-order valence-electron chi connectivity index (χ4n) is 3.55. The summed E-state index contributed by atoms with van der Waals surface area (Å²) in [6.45, 7) is 6.66. The maximum Gasteiger partial charge on any atom is 0.326 e. The minimum Gasteiger partial charge on any atom is -0.453 e. The van der Waals surface area contributed by atoms with Crippen LogP contribution in [0.25, 0.3) is 10.9 Å². The molecule has 0 saturated carbocycles. The number of fused-ring (bicyclic) bond motifs is 1. The lowest BCUT2D eigenvalue weighted by Crippen LogP contribution is -2.44. The Balaban J connectivity index is 1.63. The zero-order chi connectivity index (χ0) is 22.1. The average Bonchev–Trinajstić information content (AvgIpc) is 3.21. The third-order valence-corrected chi connectivity index (χ3v) is 5.39. The summed E-state index contributed by atoms with van der Waals surface area (Å²) in [6, 6.07) is 6.69. The molecule has 1 aliphatic rings. The molecule has 0 bridgehead atoms. The second-order valence-corrected chi connectivity index (χ2v) is 8.33. The number of aromatic amines is 1. The van der Waals surface area contributed by atoms with Crippen LogP contribution in [-0.2, 0) is 14.3 Å². The van der Waals surface area contributed by atoms with E-state index in [9.17, 15) is 19.2 Å². The first kappa shape index (κ1) is 21.5. The molecule has 1 aromatic heterocycles. The molecule has 0 radical (unpaired) electrons. The Morgan fingerprint density at radius 3 is 2.57 bits per heavy atom. The van der Waals surface area contributed by atoms with Crippen LogP contribution in [0.15, 0.2) is 30.5 Å². The zero-order valence-corrected chi connectivity index (χ0v) is 17.7. The molecule has 160 valence electrons. The number of ketones is 1. The highest BCUT2D eigenvalue weighted by atomic mass is 16.5. The third kappa shape index (κ3) is 4.22. The lowest BCUT2D eigenvalue weighted by molar-refractivity contribution is -0.149. The van der Waals surface area contributed by atoms with Crippen molar-refractivity contribution in [3.63, 3.8) is 0 Å². The highest BCUT2D eigenvalue weighted by Crippen LogP contribution is 2.25. The molecule has 1 aromatic carbocycles. The average molecular weight is 413 g/mol. The van der Waals surface area contributed by atoms with Gasteiger partial charge in [-0.25, -0.2) is 4.79 Å². The lowest BCUT2D eigenvalue weighted by atomic mass is 9.92. The Hall–Kier alpha value is -3.16. The largest absolute Gasteiger partial charge is 0.453 e. The maximum absolute atomic E-state index is 12.7. The first-order valence-corrected chi connectivity index (χ1v) is 10.1. The van der Waals surface area contributed by atoms with E-state index in [0.717, 1.165) is 22.2 Å². The molecule has 1 saturated heterocycles. The molecular formula is C22H27N3O5. The van der Waals surface area contributed by atoms with Gasteiger partial charge < -0.3 is 15.0 Å². The minimum atomic E-state index is -1.05. The molecule has 2 heterocycles. The summed E-state index contributed by atoms with van der Waals surface area (Å²) in [5, 5.41) is 3.40. The summed E-state index contributed by atoms with van der Waals surface area (Å²) in [7, 11) is 0. The number of para-hydroxylation sites is 1. The quantitative estimate of drug-likeness (QED) is 0.393. The van der Waals surface area contributed by atoms with Gasteiger partial charge in [0.2, 0.25) is 5.78 Å². The van der Waals surface area contributed by atoms with Gasteiger partial charge in [0.05, 0.1) is 0 Å². The van der Waals surface area contributed by atoms with Crippen LogP contribution in [0.2, 0.25) is 0 Å². The molecule has 0 unspecified atom stereocenters. The van der Waals surface area contributed by atoms with Gasteiger partial charge in [-0.15, -0.1) is 0 Å². The summed E-state index contributed by atoms with van der Waals surface area (Å²) < 4.78 is 5.23. The summed E-state index contributed by atoms with van der Waals surface area (Å²) in [5.74, 6) is -1.25. The molecule has 3 rings (SSSR count). The van der Waals surface area contributed by atoms with Crippen molar-refractivity contribution in [1.29, 1.82) is 0 Å². The maximum atomic E-state index is 12.7. The highest BCUT2D eigenvalue weighted by molar-refractivity contribution is 6.11.